The second kappa shape index (κ2) is 2.88. The van der Waals surface area contributed by atoms with Crippen molar-refractivity contribution in [2.24, 2.45) is 0 Å². The lowest BCUT2D eigenvalue weighted by molar-refractivity contribution is 0.0698. The summed E-state index contributed by atoms with van der Waals surface area (Å²) in [5.74, 6) is -0.821. The van der Waals surface area contributed by atoms with E-state index < -0.39 is 5.97 Å². The van der Waals surface area contributed by atoms with Crippen LogP contribution >= 0.6 is 0 Å². The minimum absolute atomic E-state index is 0.455. The molecule has 1 aromatic carbocycles. The molecule has 0 saturated carbocycles. The second-order valence-corrected chi connectivity index (χ2v) is 3.55. The molecule has 0 amide bonds. The van der Waals surface area contributed by atoms with Crippen molar-refractivity contribution >= 4 is 21.4 Å². The van der Waals surface area contributed by atoms with E-state index in [-0.39, 0.29) is 0 Å². The molecule has 0 radical (unpaired) electrons. The Labute approximate surface area is 68.3 Å². The van der Waals surface area contributed by atoms with Crippen LogP contribution < -0.4 is 5.19 Å². The van der Waals surface area contributed by atoms with Gasteiger partial charge in [0.15, 0.2) is 0 Å². The Hall–Kier alpha value is -1.09. The number of hydrogen-bond acceptors (Lipinski definition) is 1. The average molecular weight is 166 g/mol. The molecule has 0 aromatic heterocycles. The van der Waals surface area contributed by atoms with E-state index in [0.717, 1.165) is 21.0 Å². The van der Waals surface area contributed by atoms with Gasteiger partial charge in [-0.3, -0.25) is 0 Å². The summed E-state index contributed by atoms with van der Waals surface area (Å²) in [6.07, 6.45) is 0. The Morgan fingerprint density at radius 3 is 2.64 bits per heavy atom. The fraction of sp³-hybridized carbons (Fsp3) is 0.125. The lowest BCUT2D eigenvalue weighted by Crippen LogP contribution is -2.17. The zero-order chi connectivity index (χ0) is 8.43. The first-order valence-corrected chi connectivity index (χ1v) is 4.42. The molecule has 0 aliphatic rings. The lowest BCUT2D eigenvalue weighted by atomic mass is 10.1. The van der Waals surface area contributed by atoms with Gasteiger partial charge in [0.1, 0.15) is 0 Å². The molecule has 1 aromatic rings. The Morgan fingerprint density at radius 1 is 1.55 bits per heavy atom. The summed E-state index contributed by atoms with van der Waals surface area (Å²) in [4.78, 5) is 10.6. The van der Waals surface area contributed by atoms with Crippen LogP contribution in [0.15, 0.2) is 18.2 Å². The number of carbonyl (C=O) groups is 1. The molecule has 0 aliphatic heterocycles. The first kappa shape index (κ1) is 8.01. The zero-order valence-electron chi connectivity index (χ0n) is 6.59. The molecule has 0 bridgehead atoms. The highest BCUT2D eigenvalue weighted by Gasteiger charge is 2.06. The number of rotatable bonds is 1. The molecule has 11 heavy (non-hydrogen) atoms. The zero-order valence-corrected chi connectivity index (χ0v) is 8.59. The second-order valence-electron chi connectivity index (χ2n) is 2.55. The van der Waals surface area contributed by atoms with Gasteiger partial charge in [0.25, 0.3) is 0 Å². The highest BCUT2D eigenvalue weighted by Crippen LogP contribution is 1.98. The summed E-state index contributed by atoms with van der Waals surface area (Å²) in [5.41, 5.74) is 1.54. The number of carboxylic acid groups (broad SMARTS) is 1. The summed E-state index contributed by atoms with van der Waals surface area (Å²) < 4.78 is 0. The summed E-state index contributed by atoms with van der Waals surface area (Å²) in [6.45, 7) is 1.94. The third kappa shape index (κ3) is 1.49. The van der Waals surface area contributed by atoms with E-state index in [1.54, 1.807) is 12.1 Å². The van der Waals surface area contributed by atoms with Crippen LogP contribution in [0.4, 0.5) is 0 Å². The molecule has 0 spiro atoms. The minimum Gasteiger partial charge on any atom is -0.478 e. The number of aromatic carboxylic acids is 1. The molecule has 0 aliphatic carbocycles. The third-order valence-electron chi connectivity index (χ3n) is 1.84. The molecule has 2 nitrogen and oxygen atoms in total. The predicted octanol–water partition coefficient (Wildman–Crippen LogP) is -0.316. The topological polar surface area (TPSA) is 37.3 Å². The van der Waals surface area contributed by atoms with E-state index in [0.29, 0.717) is 5.56 Å². The first-order valence-electron chi connectivity index (χ1n) is 3.42. The maximum atomic E-state index is 10.6. The molecule has 0 fully saturated rings. The molecular weight excluding hydrogens is 156 g/mol. The Bertz CT molecular complexity index is 294. The van der Waals surface area contributed by atoms with Crippen LogP contribution in [0.2, 0.25) is 0 Å². The monoisotopic (exact) mass is 166 g/mol. The van der Waals surface area contributed by atoms with Gasteiger partial charge in [-0.05, 0) is 13.0 Å². The standard InChI is InChI=1S/C8H10O2Si/c1-5-3-2-4-6(7(5)11)8(9)10/h2-4H,1,11H3,(H,9,10). The van der Waals surface area contributed by atoms with Crippen molar-refractivity contribution in [2.75, 3.05) is 0 Å². The largest absolute Gasteiger partial charge is 0.478 e. The molecule has 1 rings (SSSR count). The third-order valence-corrected chi connectivity index (χ3v) is 3.16. The van der Waals surface area contributed by atoms with E-state index in [4.69, 9.17) is 5.11 Å². The number of aryl methyl sites for hydroxylation is 1. The van der Waals surface area contributed by atoms with E-state index in [1.165, 1.54) is 0 Å². The van der Waals surface area contributed by atoms with Gasteiger partial charge in [-0.1, -0.05) is 22.9 Å². The van der Waals surface area contributed by atoms with Crippen LogP contribution in [0.3, 0.4) is 0 Å². The van der Waals surface area contributed by atoms with Crippen molar-refractivity contribution in [1.82, 2.24) is 0 Å². The number of carboxylic acids is 1. The van der Waals surface area contributed by atoms with Crippen LogP contribution in [0.5, 0.6) is 0 Å². The molecule has 1 N–H and O–H groups in total. The van der Waals surface area contributed by atoms with Crippen LogP contribution in [0, 0.1) is 6.92 Å². The summed E-state index contributed by atoms with van der Waals surface area (Å²) in [6, 6.07) is 5.37. The Kier molecular flexibility index (Phi) is 2.10. The molecule has 0 heterocycles. The Balaban J connectivity index is 3.27. The average Bonchev–Trinajstić information content (AvgIpc) is 1.94. The fourth-order valence-corrected chi connectivity index (χ4v) is 1.53. The number of hydrogen-bond donors (Lipinski definition) is 1. The van der Waals surface area contributed by atoms with Gasteiger partial charge >= 0.3 is 5.97 Å². The van der Waals surface area contributed by atoms with Crippen LogP contribution in [0.1, 0.15) is 15.9 Å². The first-order chi connectivity index (χ1) is 5.13. The normalized spacial score (nSPS) is 9.91. The summed E-state index contributed by atoms with van der Waals surface area (Å²) in [5, 5.41) is 9.70. The van der Waals surface area contributed by atoms with Crippen LogP contribution in [-0.2, 0) is 0 Å². The quantitative estimate of drug-likeness (QED) is 0.581. The van der Waals surface area contributed by atoms with Crippen molar-refractivity contribution in [3.8, 4) is 0 Å². The van der Waals surface area contributed by atoms with Crippen molar-refractivity contribution in [3.63, 3.8) is 0 Å². The van der Waals surface area contributed by atoms with Gasteiger partial charge in [0.05, 0.1) is 5.56 Å². The molecular formula is C8H10O2Si. The van der Waals surface area contributed by atoms with Crippen LogP contribution in [0.25, 0.3) is 0 Å². The van der Waals surface area contributed by atoms with Crippen molar-refractivity contribution in [3.05, 3.63) is 29.3 Å². The van der Waals surface area contributed by atoms with E-state index >= 15 is 0 Å². The van der Waals surface area contributed by atoms with Crippen molar-refractivity contribution < 1.29 is 9.90 Å². The maximum absolute atomic E-state index is 10.6. The Morgan fingerprint density at radius 2 is 2.18 bits per heavy atom. The fourth-order valence-electron chi connectivity index (χ4n) is 0.983. The maximum Gasteiger partial charge on any atom is 0.335 e. The molecule has 58 valence electrons. The molecule has 0 atom stereocenters. The summed E-state index contributed by atoms with van der Waals surface area (Å²) >= 11 is 0. The van der Waals surface area contributed by atoms with Gasteiger partial charge in [-0.2, -0.15) is 0 Å². The van der Waals surface area contributed by atoms with Crippen LogP contribution in [-0.4, -0.2) is 21.3 Å². The van der Waals surface area contributed by atoms with Crippen molar-refractivity contribution in [2.45, 2.75) is 6.92 Å². The molecule has 3 heteroatoms. The highest BCUT2D eigenvalue weighted by molar-refractivity contribution is 6.37. The smallest absolute Gasteiger partial charge is 0.335 e. The van der Waals surface area contributed by atoms with Gasteiger partial charge in [-0.25, -0.2) is 4.79 Å². The predicted molar refractivity (Wildman–Crippen MR) is 47.7 cm³/mol. The summed E-state index contributed by atoms with van der Waals surface area (Å²) in [7, 11) is 0.795. The SMILES string of the molecule is Cc1cccc(C(=O)O)c1[SiH3]. The molecule has 0 unspecified atom stereocenters. The van der Waals surface area contributed by atoms with Gasteiger partial charge < -0.3 is 5.11 Å². The molecule has 0 saturated heterocycles. The van der Waals surface area contributed by atoms with Crippen molar-refractivity contribution in [1.29, 1.82) is 0 Å². The van der Waals surface area contributed by atoms with Gasteiger partial charge in [-0.15, -0.1) is 0 Å². The van der Waals surface area contributed by atoms with Gasteiger partial charge in [0.2, 0.25) is 0 Å². The lowest BCUT2D eigenvalue weighted by Gasteiger charge is -2.02. The van der Waals surface area contributed by atoms with E-state index in [9.17, 15) is 4.79 Å². The van der Waals surface area contributed by atoms with Gasteiger partial charge in [0, 0.05) is 10.2 Å². The number of benzene rings is 1. The minimum atomic E-state index is -0.821. The van der Waals surface area contributed by atoms with E-state index in [1.807, 2.05) is 13.0 Å². The van der Waals surface area contributed by atoms with E-state index in [2.05, 4.69) is 0 Å². The highest BCUT2D eigenvalue weighted by atomic mass is 28.1.